The molecule has 7 heterocycles. The van der Waals surface area contributed by atoms with Gasteiger partial charge in [0.1, 0.15) is 34.6 Å². The standard InChI is InChI=1S/C59H71FN6O15/c1-27-11-10-12-28(2)56(74)62-44-47(64-20-18-63(19-21-64)24-34-15-17-65(25-34)46-30(4)45-36(35-13-14-35)23-37(58(76)77)57(75)66(45)26-38(46)60)52(72)40-41(51(44)71)49(69)32(6)53-42(40)55(73)59(8,81-53)79-22-16-39(78-9)29(3)54(80-33(7)67)43(61)50(70)31(5)48(27)68/h10-12,16,22-23,26-27,29,31,34-35,39,43,48,50,54,68-70H,13-15,17-21,24-25,61H2,1-9H3,(H,62,74)(H,76,77)/b11-10+,22-16+,28-12-/t27-,29+,31+,34?,39-,43+,48-,50+,54+,59-/m0/s1. The van der Waals surface area contributed by atoms with E-state index in [1.807, 2.05) is 4.90 Å². The predicted molar refractivity (Wildman–Crippen MR) is 293 cm³/mol. The number of esters is 1. The van der Waals surface area contributed by atoms with Crippen molar-refractivity contribution in [1.82, 2.24) is 19.5 Å². The van der Waals surface area contributed by atoms with Crippen molar-refractivity contribution in [2.24, 2.45) is 29.4 Å². The summed E-state index contributed by atoms with van der Waals surface area (Å²) in [5, 5.41) is 47.3. The highest BCUT2D eigenvalue weighted by atomic mass is 19.1. The first-order chi connectivity index (χ1) is 38.3. The molecule has 1 amide bonds. The molecule has 1 aromatic carbocycles. The van der Waals surface area contributed by atoms with Crippen LogP contribution in [0.15, 0.2) is 64.6 Å². The number of fused-ring (bicyclic) bond motifs is 15. The molecule has 10 atom stereocenters. The van der Waals surface area contributed by atoms with E-state index in [1.165, 1.54) is 59.1 Å². The van der Waals surface area contributed by atoms with Gasteiger partial charge in [0.25, 0.3) is 17.2 Å². The van der Waals surface area contributed by atoms with E-state index in [1.54, 1.807) is 38.7 Å². The lowest BCUT2D eigenvalue weighted by molar-refractivity contribution is -0.156. The highest BCUT2D eigenvalue weighted by Crippen LogP contribution is 2.49. The van der Waals surface area contributed by atoms with Crippen LogP contribution in [0.25, 0.3) is 5.52 Å². The minimum absolute atomic E-state index is 0.0495. The number of nitrogens with zero attached hydrogens (tertiary/aromatic N) is 4. The Balaban J connectivity index is 1.02. The summed E-state index contributed by atoms with van der Waals surface area (Å²) in [6.45, 7) is 14.8. The van der Waals surface area contributed by atoms with Crippen molar-refractivity contribution in [2.45, 2.75) is 117 Å². The van der Waals surface area contributed by atoms with Gasteiger partial charge in [-0.15, -0.1) is 0 Å². The minimum atomic E-state index is -2.17. The van der Waals surface area contributed by atoms with Crippen molar-refractivity contribution in [3.8, 4) is 11.5 Å². The molecular formula is C59H71FN6O15. The maximum absolute atomic E-state index is 16.2. The minimum Gasteiger partial charge on any atom is -0.507 e. The van der Waals surface area contributed by atoms with Crippen LogP contribution in [-0.2, 0) is 23.8 Å². The average Bonchev–Trinajstić information content (AvgIpc) is 2.63. The number of carbonyl (C=O) groups is 6. The van der Waals surface area contributed by atoms with E-state index in [4.69, 9.17) is 24.7 Å². The number of ketones is 3. The number of aromatic nitrogens is 1. The number of anilines is 1. The first kappa shape index (κ1) is 58.4. The fourth-order valence-corrected chi connectivity index (χ4v) is 12.3. The van der Waals surface area contributed by atoms with Crippen molar-refractivity contribution < 1.29 is 72.5 Å². The number of allylic oxidation sites excluding steroid dienone is 4. The number of aromatic hydroxyl groups is 1. The molecule has 10 rings (SSSR count). The zero-order valence-electron chi connectivity index (χ0n) is 46.9. The molecule has 0 spiro atoms. The van der Waals surface area contributed by atoms with Crippen molar-refractivity contribution in [3.63, 3.8) is 0 Å². The lowest BCUT2D eigenvalue weighted by Crippen LogP contribution is -2.55. The molecule has 22 heteroatoms. The number of benzene rings is 1. The Bertz CT molecular complexity index is 3320. The maximum atomic E-state index is 16.2. The highest BCUT2D eigenvalue weighted by molar-refractivity contribution is 6.32. The zero-order valence-corrected chi connectivity index (χ0v) is 46.9. The van der Waals surface area contributed by atoms with E-state index in [-0.39, 0.29) is 53.1 Å². The van der Waals surface area contributed by atoms with Gasteiger partial charge in [0, 0.05) is 95.7 Å². The van der Waals surface area contributed by atoms with Crippen LogP contribution >= 0.6 is 0 Å². The van der Waals surface area contributed by atoms with E-state index in [2.05, 4.69) is 10.2 Å². The number of amides is 1. The van der Waals surface area contributed by atoms with Crippen LogP contribution in [0.1, 0.15) is 125 Å². The molecule has 81 heavy (non-hydrogen) atoms. The lowest BCUT2D eigenvalue weighted by Gasteiger charge is -2.39. The number of halogens is 1. The second-order valence-electron chi connectivity index (χ2n) is 22.7. The monoisotopic (exact) mass is 1120 g/mol. The Morgan fingerprint density at radius 2 is 1.59 bits per heavy atom. The summed E-state index contributed by atoms with van der Waals surface area (Å²) in [7, 11) is 1.38. The number of phenols is 1. The largest absolute Gasteiger partial charge is 0.507 e. The van der Waals surface area contributed by atoms with Gasteiger partial charge in [-0.05, 0) is 75.1 Å². The lowest BCUT2D eigenvalue weighted by atomic mass is 9.81. The van der Waals surface area contributed by atoms with Crippen molar-refractivity contribution in [1.29, 1.82) is 0 Å². The van der Waals surface area contributed by atoms with Gasteiger partial charge in [-0.3, -0.25) is 38.1 Å². The fourth-order valence-electron chi connectivity index (χ4n) is 12.3. The second kappa shape index (κ2) is 22.6. The summed E-state index contributed by atoms with van der Waals surface area (Å²) in [4.78, 5) is 103. The summed E-state index contributed by atoms with van der Waals surface area (Å²) < 4.78 is 40.9. The number of nitrogens with one attached hydrogen (secondary N) is 1. The third-order valence-electron chi connectivity index (χ3n) is 17.1. The van der Waals surface area contributed by atoms with Crippen LogP contribution in [0.3, 0.4) is 0 Å². The molecule has 5 bridgehead atoms. The van der Waals surface area contributed by atoms with E-state index >= 15 is 14.0 Å². The quantitative estimate of drug-likeness (QED) is 0.170. The number of hydrogen-bond donors (Lipinski definition) is 6. The van der Waals surface area contributed by atoms with Crippen LogP contribution in [-0.4, -0.2) is 159 Å². The number of rotatable bonds is 8. The van der Waals surface area contributed by atoms with E-state index in [0.29, 0.717) is 61.5 Å². The molecule has 1 unspecified atom stereocenters. The molecular weight excluding hydrogens is 1050 g/mol. The van der Waals surface area contributed by atoms with Crippen LogP contribution in [0.4, 0.5) is 10.1 Å². The first-order valence-corrected chi connectivity index (χ1v) is 27.4. The number of aryl methyl sites for hydroxylation is 1. The van der Waals surface area contributed by atoms with Gasteiger partial charge in [-0.1, -0.05) is 39.0 Å². The van der Waals surface area contributed by atoms with Gasteiger partial charge < -0.3 is 60.2 Å². The number of Topliss-reactive ketones (excluding diaryl/α,β-unsaturated/α-hetero) is 3. The van der Waals surface area contributed by atoms with Crippen molar-refractivity contribution in [3.05, 3.63) is 115 Å². The smallest absolute Gasteiger partial charge is 0.341 e. The number of piperazine rings is 1. The van der Waals surface area contributed by atoms with E-state index in [0.717, 1.165) is 29.7 Å². The number of carboxylic acids is 1. The van der Waals surface area contributed by atoms with Gasteiger partial charge in [0.2, 0.25) is 11.6 Å². The van der Waals surface area contributed by atoms with Gasteiger partial charge in [-0.2, -0.15) is 0 Å². The van der Waals surface area contributed by atoms with E-state index in [9.17, 15) is 44.4 Å². The number of nitrogens with two attached hydrogens (primary N) is 1. The Morgan fingerprint density at radius 3 is 2.23 bits per heavy atom. The Morgan fingerprint density at radius 1 is 0.901 bits per heavy atom. The zero-order chi connectivity index (χ0) is 58.8. The number of aliphatic hydroxyl groups excluding tert-OH is 2. The predicted octanol–water partition coefficient (Wildman–Crippen LogP) is 4.43. The molecule has 1 saturated carbocycles. The molecule has 7 aliphatic rings. The van der Waals surface area contributed by atoms with Crippen LogP contribution < -0.4 is 26.2 Å². The van der Waals surface area contributed by atoms with Gasteiger partial charge in [-0.25, -0.2) is 9.18 Å². The normalized spacial score (nSPS) is 30.2. The molecule has 7 N–H and O–H groups in total. The van der Waals surface area contributed by atoms with Gasteiger partial charge >= 0.3 is 17.7 Å². The molecule has 0 radical (unpaired) electrons. The summed E-state index contributed by atoms with van der Waals surface area (Å²) >= 11 is 0. The Hall–Kier alpha value is -7.24. The second-order valence-corrected chi connectivity index (χ2v) is 22.7. The third-order valence-corrected chi connectivity index (χ3v) is 17.1. The number of methoxy groups -OCH3 is 1. The van der Waals surface area contributed by atoms with Crippen molar-refractivity contribution >= 4 is 46.4 Å². The van der Waals surface area contributed by atoms with Crippen LogP contribution in [0.2, 0.25) is 0 Å². The fraction of sp³-hybridized carbons (Fsp3) is 0.508. The average molecular weight is 1120 g/mol. The highest BCUT2D eigenvalue weighted by Gasteiger charge is 2.53. The summed E-state index contributed by atoms with van der Waals surface area (Å²) in [6.07, 6.45) is 5.89. The molecule has 2 aromatic heterocycles. The van der Waals surface area contributed by atoms with Crippen LogP contribution in [0.5, 0.6) is 11.5 Å². The number of carbonyl (C=O) groups excluding carboxylic acids is 5. The Labute approximate surface area is 467 Å². The SMILES string of the molecule is CO[C@H]1/C=C/O[C@@]2(C)Oc3c(C)c(O)c4c(c3C2=O)C(=O)C(N2CCN(CC3CCN(c5c(F)cn6c(=O)c(C(=O)O)cc(C7CC7)c6c5C)C3)CC2)=C(NC(=O)/C(C)=C\C=C\[C@H](C)[C@H](O)[C@@H](C)[C@@H](O)[C@@H](N)[C@H](OC(C)=O)[C@@H]1C)C4=O. The molecule has 21 nitrogen and oxygen atoms in total. The van der Waals surface area contributed by atoms with E-state index < -0.39 is 129 Å². The number of pyridine rings is 2. The number of hydrogen-bond acceptors (Lipinski definition) is 18. The van der Waals surface area contributed by atoms with Gasteiger partial charge in [0.15, 0.2) is 5.82 Å². The molecule has 3 fully saturated rings. The van der Waals surface area contributed by atoms with Crippen molar-refractivity contribution in [2.75, 3.05) is 57.8 Å². The number of aliphatic hydroxyl groups is 2. The first-order valence-electron chi connectivity index (χ1n) is 27.4. The number of ether oxygens (including phenoxy) is 4. The summed E-state index contributed by atoms with van der Waals surface area (Å²) in [5.74, 6) is -11.2. The summed E-state index contributed by atoms with van der Waals surface area (Å²) in [5.41, 5.74) is 5.72. The topological polar surface area (TPSA) is 290 Å². The number of aromatic carboxylic acids is 1. The van der Waals surface area contributed by atoms with Crippen LogP contribution in [0, 0.1) is 43.3 Å². The summed E-state index contributed by atoms with van der Waals surface area (Å²) in [6, 6.07) is 0.204. The third kappa shape index (κ3) is 10.7. The molecule has 5 aliphatic heterocycles. The number of phenolic OH excluding ortho intramolecular Hbond substituents is 1. The molecule has 2 aliphatic carbocycles. The maximum Gasteiger partial charge on any atom is 0.341 e. The van der Waals surface area contributed by atoms with Gasteiger partial charge in [0.05, 0.1) is 64.7 Å². The number of carboxylic acid groups (broad SMARTS) is 1. The Kier molecular flexibility index (Phi) is 16.3. The molecule has 2 saturated heterocycles. The molecule has 3 aromatic rings. The molecule has 434 valence electrons.